The zero-order valence-corrected chi connectivity index (χ0v) is 9.88. The lowest BCUT2D eigenvalue weighted by atomic mass is 10.2. The maximum Gasteiger partial charge on any atom is 0.238 e. The van der Waals surface area contributed by atoms with E-state index in [1.54, 1.807) is 18.2 Å². The number of nitrogens with zero attached hydrogens (tertiary/aromatic N) is 2. The molecule has 0 aromatic heterocycles. The van der Waals surface area contributed by atoms with E-state index in [4.69, 9.17) is 16.9 Å². The number of benzene rings is 1. The van der Waals surface area contributed by atoms with Crippen molar-refractivity contribution in [3.05, 3.63) is 23.2 Å². The first-order chi connectivity index (χ1) is 7.54. The van der Waals surface area contributed by atoms with Gasteiger partial charge in [0, 0.05) is 19.8 Å². The Labute approximate surface area is 99.4 Å². The molecule has 0 atom stereocenters. The first-order valence-corrected chi connectivity index (χ1v) is 5.06. The van der Waals surface area contributed by atoms with Gasteiger partial charge in [-0.2, -0.15) is 5.26 Å². The molecule has 1 N–H and O–H groups in total. The molecule has 1 aromatic rings. The van der Waals surface area contributed by atoms with Crippen LogP contribution in [0, 0.1) is 11.3 Å². The molecule has 0 aliphatic heterocycles. The standard InChI is InChI=1S/C11H12ClN3O/c1-15(2)10-4-3-8(7-9(10)12)14-11(16)5-6-13/h3-4,7H,5H2,1-2H3,(H,14,16). The minimum Gasteiger partial charge on any atom is -0.376 e. The van der Waals surface area contributed by atoms with Crippen LogP contribution in [0.5, 0.6) is 0 Å². The van der Waals surface area contributed by atoms with Crippen molar-refractivity contribution in [2.24, 2.45) is 0 Å². The van der Waals surface area contributed by atoms with Crippen LogP contribution in [0.25, 0.3) is 0 Å². The van der Waals surface area contributed by atoms with Crippen LogP contribution in [-0.2, 0) is 4.79 Å². The van der Waals surface area contributed by atoms with E-state index >= 15 is 0 Å². The zero-order valence-electron chi connectivity index (χ0n) is 9.12. The normalized spacial score (nSPS) is 9.38. The fourth-order valence-electron chi connectivity index (χ4n) is 1.22. The molecule has 1 rings (SSSR count). The Morgan fingerprint density at radius 3 is 2.75 bits per heavy atom. The summed E-state index contributed by atoms with van der Waals surface area (Å²) in [6.07, 6.45) is -0.160. The molecular weight excluding hydrogens is 226 g/mol. The highest BCUT2D eigenvalue weighted by Gasteiger charge is 2.05. The molecule has 16 heavy (non-hydrogen) atoms. The summed E-state index contributed by atoms with van der Waals surface area (Å²) in [6.45, 7) is 0. The van der Waals surface area contributed by atoms with Crippen LogP contribution >= 0.6 is 11.6 Å². The molecule has 0 spiro atoms. The van der Waals surface area contributed by atoms with Gasteiger partial charge < -0.3 is 10.2 Å². The summed E-state index contributed by atoms with van der Waals surface area (Å²) in [5.74, 6) is -0.337. The SMILES string of the molecule is CN(C)c1ccc(NC(=O)CC#N)cc1Cl. The van der Waals surface area contributed by atoms with Crippen molar-refractivity contribution in [3.63, 3.8) is 0 Å². The number of rotatable bonds is 3. The van der Waals surface area contributed by atoms with Gasteiger partial charge >= 0.3 is 0 Å². The van der Waals surface area contributed by atoms with Gasteiger partial charge in [-0.3, -0.25) is 4.79 Å². The van der Waals surface area contributed by atoms with E-state index in [0.29, 0.717) is 10.7 Å². The lowest BCUT2D eigenvalue weighted by Gasteiger charge is -2.15. The fourth-order valence-corrected chi connectivity index (χ4v) is 1.57. The van der Waals surface area contributed by atoms with E-state index in [-0.39, 0.29) is 12.3 Å². The van der Waals surface area contributed by atoms with Gasteiger partial charge in [-0.15, -0.1) is 0 Å². The van der Waals surface area contributed by atoms with Crippen LogP contribution in [0.1, 0.15) is 6.42 Å². The van der Waals surface area contributed by atoms with Gasteiger partial charge in [0.2, 0.25) is 5.91 Å². The second kappa shape index (κ2) is 5.38. The van der Waals surface area contributed by atoms with Crippen molar-refractivity contribution in [1.29, 1.82) is 5.26 Å². The largest absolute Gasteiger partial charge is 0.376 e. The van der Waals surface area contributed by atoms with Crippen LogP contribution < -0.4 is 10.2 Å². The number of hydrogen-bond acceptors (Lipinski definition) is 3. The van der Waals surface area contributed by atoms with Crippen molar-refractivity contribution in [2.45, 2.75) is 6.42 Å². The molecule has 0 radical (unpaired) electrons. The molecule has 0 aliphatic rings. The Kier molecular flexibility index (Phi) is 4.15. The Balaban J connectivity index is 2.82. The molecule has 0 aliphatic carbocycles. The maximum absolute atomic E-state index is 11.2. The van der Waals surface area contributed by atoms with E-state index < -0.39 is 0 Å². The fraction of sp³-hybridized carbons (Fsp3) is 0.273. The molecule has 84 valence electrons. The topological polar surface area (TPSA) is 56.1 Å². The van der Waals surface area contributed by atoms with E-state index in [2.05, 4.69) is 5.32 Å². The van der Waals surface area contributed by atoms with Crippen molar-refractivity contribution < 1.29 is 4.79 Å². The lowest BCUT2D eigenvalue weighted by Crippen LogP contribution is -2.12. The number of carbonyl (C=O) groups excluding carboxylic acids is 1. The first kappa shape index (κ1) is 12.3. The van der Waals surface area contributed by atoms with Gasteiger partial charge in [0.25, 0.3) is 0 Å². The number of anilines is 2. The van der Waals surface area contributed by atoms with E-state index in [1.165, 1.54) is 0 Å². The Morgan fingerprint density at radius 2 is 2.25 bits per heavy atom. The van der Waals surface area contributed by atoms with Gasteiger partial charge in [-0.1, -0.05) is 11.6 Å². The van der Waals surface area contributed by atoms with Gasteiger partial charge in [0.05, 0.1) is 16.8 Å². The Morgan fingerprint density at radius 1 is 1.56 bits per heavy atom. The van der Waals surface area contributed by atoms with Crippen LogP contribution in [0.3, 0.4) is 0 Å². The average Bonchev–Trinajstić information content (AvgIpc) is 2.17. The van der Waals surface area contributed by atoms with Crippen LogP contribution in [0.2, 0.25) is 5.02 Å². The number of nitrogens with one attached hydrogen (secondary N) is 1. The molecule has 4 nitrogen and oxygen atoms in total. The predicted octanol–water partition coefficient (Wildman–Crippen LogP) is 2.26. The lowest BCUT2D eigenvalue weighted by molar-refractivity contribution is -0.115. The molecule has 0 unspecified atom stereocenters. The summed E-state index contributed by atoms with van der Waals surface area (Å²) in [5.41, 5.74) is 1.47. The number of amides is 1. The van der Waals surface area contributed by atoms with Crippen molar-refractivity contribution >= 4 is 28.9 Å². The monoisotopic (exact) mass is 237 g/mol. The minimum absolute atomic E-state index is 0.160. The summed E-state index contributed by atoms with van der Waals surface area (Å²) in [4.78, 5) is 13.0. The maximum atomic E-state index is 11.2. The second-order valence-electron chi connectivity index (χ2n) is 3.44. The quantitative estimate of drug-likeness (QED) is 0.877. The van der Waals surface area contributed by atoms with Gasteiger partial charge in [0.1, 0.15) is 6.42 Å². The number of halogens is 1. The zero-order chi connectivity index (χ0) is 12.1. The summed E-state index contributed by atoms with van der Waals surface area (Å²) in [7, 11) is 3.77. The van der Waals surface area contributed by atoms with Crippen LogP contribution in [-0.4, -0.2) is 20.0 Å². The van der Waals surface area contributed by atoms with Gasteiger partial charge in [-0.05, 0) is 18.2 Å². The Hall–Kier alpha value is -1.73. The summed E-state index contributed by atoms with van der Waals surface area (Å²) >= 11 is 6.03. The van der Waals surface area contributed by atoms with Gasteiger partial charge in [-0.25, -0.2) is 0 Å². The molecule has 0 heterocycles. The molecule has 0 saturated carbocycles. The average molecular weight is 238 g/mol. The molecule has 1 amide bonds. The van der Waals surface area contributed by atoms with Gasteiger partial charge in [0.15, 0.2) is 0 Å². The number of nitriles is 1. The third kappa shape index (κ3) is 3.14. The minimum atomic E-state index is -0.337. The summed E-state index contributed by atoms with van der Waals surface area (Å²) in [6, 6.07) is 6.99. The van der Waals surface area contributed by atoms with Crippen LogP contribution in [0.15, 0.2) is 18.2 Å². The first-order valence-electron chi connectivity index (χ1n) is 4.68. The van der Waals surface area contributed by atoms with Crippen molar-refractivity contribution in [1.82, 2.24) is 0 Å². The third-order valence-electron chi connectivity index (χ3n) is 1.95. The predicted molar refractivity (Wildman–Crippen MR) is 64.6 cm³/mol. The Bertz CT molecular complexity index is 437. The highest BCUT2D eigenvalue weighted by atomic mass is 35.5. The summed E-state index contributed by atoms with van der Waals surface area (Å²) < 4.78 is 0. The van der Waals surface area contributed by atoms with E-state index in [1.807, 2.05) is 25.1 Å². The van der Waals surface area contributed by atoms with Crippen molar-refractivity contribution in [2.75, 3.05) is 24.3 Å². The molecule has 0 saturated heterocycles. The molecular formula is C11H12ClN3O. The number of carbonyl (C=O) groups is 1. The highest BCUT2D eigenvalue weighted by Crippen LogP contribution is 2.27. The summed E-state index contributed by atoms with van der Waals surface area (Å²) in [5, 5.41) is 11.5. The van der Waals surface area contributed by atoms with Crippen LogP contribution in [0.4, 0.5) is 11.4 Å². The highest BCUT2D eigenvalue weighted by molar-refractivity contribution is 6.33. The third-order valence-corrected chi connectivity index (χ3v) is 2.26. The molecule has 5 heteroatoms. The van der Waals surface area contributed by atoms with E-state index in [0.717, 1.165) is 5.69 Å². The molecule has 0 fully saturated rings. The smallest absolute Gasteiger partial charge is 0.238 e. The molecule has 0 bridgehead atoms. The molecule has 1 aromatic carbocycles. The number of hydrogen-bond donors (Lipinski definition) is 1. The second-order valence-corrected chi connectivity index (χ2v) is 3.85. The van der Waals surface area contributed by atoms with E-state index in [9.17, 15) is 4.79 Å². The van der Waals surface area contributed by atoms with Crippen molar-refractivity contribution in [3.8, 4) is 6.07 Å².